The van der Waals surface area contributed by atoms with Gasteiger partial charge in [-0.3, -0.25) is 0 Å². The molecule has 0 amide bonds. The molecule has 0 aromatic heterocycles. The lowest BCUT2D eigenvalue weighted by molar-refractivity contribution is 0.660. The fourth-order valence-electron chi connectivity index (χ4n) is 9.70. The number of benzene rings is 10. The van der Waals surface area contributed by atoms with Gasteiger partial charge in [0, 0.05) is 27.7 Å². The number of fused-ring (bicyclic) bond motifs is 9. The molecule has 1 aliphatic rings. The van der Waals surface area contributed by atoms with Crippen molar-refractivity contribution < 1.29 is 0 Å². The lowest BCUT2D eigenvalue weighted by Crippen LogP contribution is -2.17. The van der Waals surface area contributed by atoms with E-state index in [0.717, 1.165) is 11.4 Å². The summed E-state index contributed by atoms with van der Waals surface area (Å²) in [6.07, 6.45) is 0. The zero-order valence-corrected chi connectivity index (χ0v) is 32.7. The van der Waals surface area contributed by atoms with Crippen molar-refractivity contribution in [3.8, 4) is 44.5 Å². The van der Waals surface area contributed by atoms with Crippen LogP contribution in [0, 0.1) is 0 Å². The van der Waals surface area contributed by atoms with Crippen LogP contribution in [0.1, 0.15) is 25.0 Å². The Labute approximate surface area is 340 Å². The van der Waals surface area contributed by atoms with Crippen molar-refractivity contribution in [3.63, 3.8) is 0 Å². The van der Waals surface area contributed by atoms with Crippen LogP contribution in [0.15, 0.2) is 212 Å². The van der Waals surface area contributed by atoms with Gasteiger partial charge >= 0.3 is 0 Å². The molecule has 274 valence electrons. The second kappa shape index (κ2) is 13.5. The SMILES string of the molecule is CC1(C)c2ccccc2-c2ccc(N(c3ccc(-c4ccccc4)c(-c4ccccc4)c3)c3c(-c4ccccc4)ccc4c5ccccc5c5ccccc5c34)cc21. The monoisotopic (exact) mass is 739 g/mol. The van der Waals surface area contributed by atoms with Gasteiger partial charge in [-0.2, -0.15) is 0 Å². The van der Waals surface area contributed by atoms with Crippen LogP contribution in [0.2, 0.25) is 0 Å². The molecule has 0 bridgehead atoms. The Kier molecular flexibility index (Phi) is 7.91. The van der Waals surface area contributed by atoms with E-state index < -0.39 is 0 Å². The molecule has 1 nitrogen and oxygen atoms in total. The summed E-state index contributed by atoms with van der Waals surface area (Å²) in [5.41, 5.74) is 15.8. The van der Waals surface area contributed by atoms with Crippen LogP contribution in [0.3, 0.4) is 0 Å². The minimum atomic E-state index is -0.163. The molecule has 0 unspecified atom stereocenters. The highest BCUT2D eigenvalue weighted by Crippen LogP contribution is 2.54. The molecule has 0 radical (unpaired) electrons. The second-order valence-electron chi connectivity index (χ2n) is 16.0. The van der Waals surface area contributed by atoms with Gasteiger partial charge in [0.2, 0.25) is 0 Å². The van der Waals surface area contributed by atoms with Crippen molar-refractivity contribution in [2.45, 2.75) is 19.3 Å². The maximum Gasteiger partial charge on any atom is 0.0624 e. The standard InChI is InChI=1S/C57H41N/c1-57(2)53-29-17-16-27-48(53)49-33-31-42(37-54(49)57)58(41-30-32-43(38-18-6-3-7-19-38)52(36-41)40-22-10-5-11-23-40)56-44(39-20-8-4-9-21-39)34-35-51-47-26-13-12-24-45(47)46-25-14-15-28-50(46)55(51)56/h3-37H,1-2H3. The zero-order chi connectivity index (χ0) is 38.8. The molecule has 58 heavy (non-hydrogen) atoms. The molecule has 0 saturated carbocycles. The van der Waals surface area contributed by atoms with Crippen molar-refractivity contribution in [1.29, 1.82) is 0 Å². The Hall–Kier alpha value is -7.22. The van der Waals surface area contributed by atoms with Crippen LogP contribution in [-0.2, 0) is 5.41 Å². The molecule has 0 heterocycles. The van der Waals surface area contributed by atoms with Gasteiger partial charge in [0.25, 0.3) is 0 Å². The Morgan fingerprint density at radius 1 is 0.310 bits per heavy atom. The first kappa shape index (κ1) is 34.1. The van der Waals surface area contributed by atoms with Gasteiger partial charge in [0.1, 0.15) is 0 Å². The number of hydrogen-bond acceptors (Lipinski definition) is 1. The summed E-state index contributed by atoms with van der Waals surface area (Å²) in [7, 11) is 0. The van der Waals surface area contributed by atoms with Crippen LogP contribution in [-0.4, -0.2) is 0 Å². The molecular formula is C57H41N. The van der Waals surface area contributed by atoms with Gasteiger partial charge in [-0.05, 0) is 101 Å². The Balaban J connectivity index is 1.29. The third-order valence-electron chi connectivity index (χ3n) is 12.4. The van der Waals surface area contributed by atoms with Crippen molar-refractivity contribution in [3.05, 3.63) is 223 Å². The average Bonchev–Trinajstić information content (AvgIpc) is 3.52. The van der Waals surface area contributed by atoms with Gasteiger partial charge in [-0.1, -0.05) is 202 Å². The van der Waals surface area contributed by atoms with Crippen LogP contribution in [0.25, 0.3) is 76.8 Å². The summed E-state index contributed by atoms with van der Waals surface area (Å²) in [6.45, 7) is 4.75. The predicted octanol–water partition coefficient (Wildman–Crippen LogP) is 15.9. The van der Waals surface area contributed by atoms with E-state index in [-0.39, 0.29) is 5.41 Å². The van der Waals surface area contributed by atoms with E-state index >= 15 is 0 Å². The summed E-state index contributed by atoms with van der Waals surface area (Å²) in [5.74, 6) is 0. The highest BCUT2D eigenvalue weighted by atomic mass is 15.1. The maximum absolute atomic E-state index is 2.56. The molecule has 10 aromatic rings. The van der Waals surface area contributed by atoms with Gasteiger partial charge < -0.3 is 4.90 Å². The number of hydrogen-bond donors (Lipinski definition) is 0. The lowest BCUT2D eigenvalue weighted by atomic mass is 9.82. The van der Waals surface area contributed by atoms with E-state index in [1.807, 2.05) is 0 Å². The van der Waals surface area contributed by atoms with Crippen molar-refractivity contribution in [1.82, 2.24) is 0 Å². The predicted molar refractivity (Wildman–Crippen MR) is 248 cm³/mol. The Bertz CT molecular complexity index is 3140. The van der Waals surface area contributed by atoms with E-state index in [1.54, 1.807) is 0 Å². The molecule has 0 N–H and O–H groups in total. The Morgan fingerprint density at radius 2 is 0.741 bits per heavy atom. The first-order chi connectivity index (χ1) is 28.6. The van der Waals surface area contributed by atoms with Gasteiger partial charge in [-0.15, -0.1) is 0 Å². The Morgan fingerprint density at radius 3 is 1.38 bits per heavy atom. The van der Waals surface area contributed by atoms with E-state index in [4.69, 9.17) is 0 Å². The molecule has 0 spiro atoms. The summed E-state index contributed by atoms with van der Waals surface area (Å²) >= 11 is 0. The topological polar surface area (TPSA) is 3.24 Å². The molecule has 0 fully saturated rings. The van der Waals surface area contributed by atoms with Crippen molar-refractivity contribution >= 4 is 49.4 Å². The quantitative estimate of drug-likeness (QED) is 0.154. The number of nitrogens with zero attached hydrogens (tertiary/aromatic N) is 1. The highest BCUT2D eigenvalue weighted by Gasteiger charge is 2.36. The molecule has 0 atom stereocenters. The van der Waals surface area contributed by atoms with E-state index in [9.17, 15) is 0 Å². The average molecular weight is 740 g/mol. The molecule has 0 aliphatic heterocycles. The van der Waals surface area contributed by atoms with E-state index in [1.165, 1.54) is 93.6 Å². The van der Waals surface area contributed by atoms with E-state index in [0.29, 0.717) is 0 Å². The summed E-state index contributed by atoms with van der Waals surface area (Å²) in [6, 6.07) is 78.3. The molecule has 1 aliphatic carbocycles. The van der Waals surface area contributed by atoms with E-state index in [2.05, 4.69) is 231 Å². The maximum atomic E-state index is 2.56. The summed E-state index contributed by atoms with van der Waals surface area (Å²) in [5, 5.41) is 7.51. The fraction of sp³-hybridized carbons (Fsp3) is 0.0526. The summed E-state index contributed by atoms with van der Waals surface area (Å²) < 4.78 is 0. The van der Waals surface area contributed by atoms with Crippen molar-refractivity contribution in [2.24, 2.45) is 0 Å². The van der Waals surface area contributed by atoms with Crippen molar-refractivity contribution in [2.75, 3.05) is 4.90 Å². The third-order valence-corrected chi connectivity index (χ3v) is 12.4. The number of anilines is 3. The van der Waals surface area contributed by atoms with Gasteiger partial charge in [-0.25, -0.2) is 0 Å². The van der Waals surface area contributed by atoms with Crippen LogP contribution in [0.5, 0.6) is 0 Å². The largest absolute Gasteiger partial charge is 0.309 e. The molecule has 11 rings (SSSR count). The lowest BCUT2D eigenvalue weighted by Gasteiger charge is -2.32. The van der Waals surface area contributed by atoms with Gasteiger partial charge in [0.15, 0.2) is 0 Å². The first-order valence-electron chi connectivity index (χ1n) is 20.3. The molecule has 10 aromatic carbocycles. The zero-order valence-electron chi connectivity index (χ0n) is 32.7. The van der Waals surface area contributed by atoms with Gasteiger partial charge in [0.05, 0.1) is 5.69 Å². The van der Waals surface area contributed by atoms with Crippen LogP contribution < -0.4 is 4.90 Å². The minimum Gasteiger partial charge on any atom is -0.309 e. The smallest absolute Gasteiger partial charge is 0.0624 e. The first-order valence-corrected chi connectivity index (χ1v) is 20.3. The normalized spacial score (nSPS) is 12.8. The third kappa shape index (κ3) is 5.31. The second-order valence-corrected chi connectivity index (χ2v) is 16.0. The van der Waals surface area contributed by atoms with Crippen LogP contribution in [0.4, 0.5) is 17.1 Å². The minimum absolute atomic E-state index is 0.163. The summed E-state index contributed by atoms with van der Waals surface area (Å²) in [4.78, 5) is 2.56. The fourth-order valence-corrected chi connectivity index (χ4v) is 9.70. The molecule has 1 heteroatoms. The molecule has 0 saturated heterocycles. The highest BCUT2D eigenvalue weighted by molar-refractivity contribution is 6.30. The molecular weight excluding hydrogens is 699 g/mol. The number of rotatable bonds is 6. The van der Waals surface area contributed by atoms with Crippen LogP contribution >= 0.6 is 0 Å².